The van der Waals surface area contributed by atoms with Gasteiger partial charge in [0, 0.05) is 5.92 Å². The minimum absolute atomic E-state index is 0.102. The standard InChI is InChI=1S/C13H13BrF2O/c1-7-4-12(16)9(6-11(7)15)5-10(14)13(17)8-2-3-8/h4,6,8,10H,2-3,5H2,1H3. The Kier molecular flexibility index (Phi) is 3.61. The number of carbonyl (C=O) groups excluding carboxylic acids is 1. The van der Waals surface area contributed by atoms with Gasteiger partial charge in [-0.3, -0.25) is 4.79 Å². The molecule has 1 saturated carbocycles. The van der Waals surface area contributed by atoms with E-state index in [1.807, 2.05) is 0 Å². The molecule has 0 aromatic heterocycles. The summed E-state index contributed by atoms with van der Waals surface area (Å²) in [5, 5.41) is 0. The van der Waals surface area contributed by atoms with Gasteiger partial charge in [-0.15, -0.1) is 0 Å². The molecule has 0 aliphatic heterocycles. The SMILES string of the molecule is Cc1cc(F)c(CC(Br)C(=O)C2CC2)cc1F. The summed E-state index contributed by atoms with van der Waals surface area (Å²) in [5.74, 6) is -0.653. The third-order valence-electron chi connectivity index (χ3n) is 3.02. The van der Waals surface area contributed by atoms with Gasteiger partial charge in [-0.25, -0.2) is 8.78 Å². The molecule has 0 N–H and O–H groups in total. The number of hydrogen-bond acceptors (Lipinski definition) is 1. The number of aryl methyl sites for hydroxylation is 1. The third kappa shape index (κ3) is 2.92. The van der Waals surface area contributed by atoms with Crippen LogP contribution in [0.25, 0.3) is 0 Å². The molecule has 0 amide bonds. The van der Waals surface area contributed by atoms with Crippen molar-refractivity contribution < 1.29 is 13.6 Å². The van der Waals surface area contributed by atoms with Crippen LogP contribution in [0.15, 0.2) is 12.1 Å². The smallest absolute Gasteiger partial charge is 0.149 e. The van der Waals surface area contributed by atoms with Gasteiger partial charge in [0.1, 0.15) is 17.4 Å². The first-order chi connectivity index (χ1) is 7.99. The van der Waals surface area contributed by atoms with E-state index in [1.165, 1.54) is 19.1 Å². The minimum atomic E-state index is -0.447. The maximum absolute atomic E-state index is 13.6. The molecule has 1 aromatic carbocycles. The topological polar surface area (TPSA) is 17.1 Å². The minimum Gasteiger partial charge on any atom is -0.298 e. The highest BCUT2D eigenvalue weighted by atomic mass is 79.9. The van der Waals surface area contributed by atoms with Crippen LogP contribution in [-0.2, 0) is 11.2 Å². The summed E-state index contributed by atoms with van der Waals surface area (Å²) in [5.41, 5.74) is 0.537. The Balaban J connectivity index is 2.12. The van der Waals surface area contributed by atoms with E-state index >= 15 is 0 Å². The van der Waals surface area contributed by atoms with Gasteiger partial charge in [0.2, 0.25) is 0 Å². The number of alkyl halides is 1. The number of benzene rings is 1. The van der Waals surface area contributed by atoms with E-state index < -0.39 is 16.5 Å². The van der Waals surface area contributed by atoms with Gasteiger partial charge in [-0.05, 0) is 49.4 Å². The number of Topliss-reactive ketones (excluding diaryl/α,β-unsaturated/α-hetero) is 1. The Morgan fingerprint density at radius 2 is 2.06 bits per heavy atom. The van der Waals surface area contributed by atoms with Crippen LogP contribution < -0.4 is 0 Å². The summed E-state index contributed by atoms with van der Waals surface area (Å²) in [4.78, 5) is 11.3. The van der Waals surface area contributed by atoms with Gasteiger partial charge in [0.05, 0.1) is 4.83 Å². The highest BCUT2D eigenvalue weighted by Crippen LogP contribution is 2.33. The van der Waals surface area contributed by atoms with Crippen LogP contribution in [0.5, 0.6) is 0 Å². The predicted molar refractivity (Wildman–Crippen MR) is 65.2 cm³/mol. The maximum atomic E-state index is 13.6. The zero-order chi connectivity index (χ0) is 12.6. The molecular formula is C13H13BrF2O. The lowest BCUT2D eigenvalue weighted by Gasteiger charge is -2.10. The molecule has 1 aromatic rings. The molecule has 1 unspecified atom stereocenters. The molecule has 2 rings (SSSR count). The number of ketones is 1. The van der Waals surface area contributed by atoms with E-state index in [2.05, 4.69) is 15.9 Å². The van der Waals surface area contributed by atoms with Crippen LogP contribution >= 0.6 is 15.9 Å². The van der Waals surface area contributed by atoms with Gasteiger partial charge in [-0.1, -0.05) is 15.9 Å². The Bertz CT molecular complexity index is 455. The molecule has 17 heavy (non-hydrogen) atoms. The highest BCUT2D eigenvalue weighted by Gasteiger charge is 2.33. The largest absolute Gasteiger partial charge is 0.298 e. The van der Waals surface area contributed by atoms with Crippen LogP contribution in [0.3, 0.4) is 0 Å². The maximum Gasteiger partial charge on any atom is 0.149 e. The normalized spacial score (nSPS) is 16.9. The average Bonchev–Trinajstić information content (AvgIpc) is 3.08. The van der Waals surface area contributed by atoms with Gasteiger partial charge in [0.15, 0.2) is 0 Å². The first kappa shape index (κ1) is 12.7. The summed E-state index contributed by atoms with van der Waals surface area (Å²) >= 11 is 3.26. The Labute approximate surface area is 107 Å². The highest BCUT2D eigenvalue weighted by molar-refractivity contribution is 9.10. The van der Waals surface area contributed by atoms with E-state index in [0.29, 0.717) is 0 Å². The molecule has 1 fully saturated rings. The molecule has 0 radical (unpaired) electrons. The van der Waals surface area contributed by atoms with Gasteiger partial charge >= 0.3 is 0 Å². The molecule has 1 nitrogen and oxygen atoms in total. The van der Waals surface area contributed by atoms with E-state index in [0.717, 1.165) is 12.8 Å². The molecule has 4 heteroatoms. The van der Waals surface area contributed by atoms with Crippen molar-refractivity contribution in [2.45, 2.75) is 31.0 Å². The summed E-state index contributed by atoms with van der Waals surface area (Å²) in [6.07, 6.45) is 2.05. The molecule has 1 atom stereocenters. The van der Waals surface area contributed by atoms with E-state index in [-0.39, 0.29) is 29.2 Å². The summed E-state index contributed by atoms with van der Waals surface area (Å²) in [7, 11) is 0. The number of rotatable bonds is 4. The summed E-state index contributed by atoms with van der Waals surface area (Å²) in [6, 6.07) is 2.35. The fraction of sp³-hybridized carbons (Fsp3) is 0.462. The van der Waals surface area contributed by atoms with E-state index in [9.17, 15) is 13.6 Å². The first-order valence-electron chi connectivity index (χ1n) is 5.61. The average molecular weight is 303 g/mol. The molecule has 0 heterocycles. The molecule has 0 spiro atoms. The predicted octanol–water partition coefficient (Wildman–Crippen LogP) is 3.56. The zero-order valence-corrected chi connectivity index (χ0v) is 11.1. The summed E-state index contributed by atoms with van der Waals surface area (Å²) in [6.45, 7) is 1.52. The van der Waals surface area contributed by atoms with Gasteiger partial charge < -0.3 is 0 Å². The lowest BCUT2D eigenvalue weighted by Crippen LogP contribution is -2.19. The van der Waals surface area contributed by atoms with Gasteiger partial charge in [-0.2, -0.15) is 0 Å². The summed E-state index contributed by atoms with van der Waals surface area (Å²) < 4.78 is 26.9. The molecule has 1 aliphatic carbocycles. The van der Waals surface area contributed by atoms with Crippen LogP contribution in [0.2, 0.25) is 0 Å². The lowest BCUT2D eigenvalue weighted by atomic mass is 10.0. The quantitative estimate of drug-likeness (QED) is 0.777. The van der Waals surface area contributed by atoms with Crippen LogP contribution in [-0.4, -0.2) is 10.6 Å². The number of hydrogen-bond donors (Lipinski definition) is 0. The second kappa shape index (κ2) is 4.84. The Morgan fingerprint density at radius 3 is 2.65 bits per heavy atom. The monoisotopic (exact) mass is 302 g/mol. The van der Waals surface area contributed by atoms with Crippen molar-refractivity contribution in [3.63, 3.8) is 0 Å². The Morgan fingerprint density at radius 1 is 1.41 bits per heavy atom. The molecule has 1 aliphatic rings. The van der Waals surface area contributed by atoms with E-state index in [1.54, 1.807) is 0 Å². The molecular weight excluding hydrogens is 290 g/mol. The van der Waals surface area contributed by atoms with Crippen LogP contribution in [0, 0.1) is 24.5 Å². The van der Waals surface area contributed by atoms with Crippen molar-refractivity contribution in [2.75, 3.05) is 0 Å². The van der Waals surface area contributed by atoms with Gasteiger partial charge in [0.25, 0.3) is 0 Å². The fourth-order valence-corrected chi connectivity index (χ4v) is 2.48. The van der Waals surface area contributed by atoms with Crippen molar-refractivity contribution in [1.82, 2.24) is 0 Å². The lowest BCUT2D eigenvalue weighted by molar-refractivity contribution is -0.119. The second-order valence-corrected chi connectivity index (χ2v) is 5.65. The molecule has 0 bridgehead atoms. The second-order valence-electron chi connectivity index (χ2n) is 4.54. The third-order valence-corrected chi connectivity index (χ3v) is 3.79. The van der Waals surface area contributed by atoms with Crippen molar-refractivity contribution in [3.05, 3.63) is 34.9 Å². The molecule has 0 saturated heterocycles. The van der Waals surface area contributed by atoms with E-state index in [4.69, 9.17) is 0 Å². The van der Waals surface area contributed by atoms with Crippen molar-refractivity contribution >= 4 is 21.7 Å². The van der Waals surface area contributed by atoms with Crippen molar-refractivity contribution in [2.24, 2.45) is 5.92 Å². The number of halogens is 3. The van der Waals surface area contributed by atoms with Crippen LogP contribution in [0.1, 0.15) is 24.0 Å². The fourth-order valence-electron chi connectivity index (χ4n) is 1.76. The van der Waals surface area contributed by atoms with Crippen LogP contribution in [0.4, 0.5) is 8.78 Å². The van der Waals surface area contributed by atoms with Crippen molar-refractivity contribution in [3.8, 4) is 0 Å². The van der Waals surface area contributed by atoms with Crippen molar-refractivity contribution in [1.29, 1.82) is 0 Å². The Hall–Kier alpha value is -0.770. The zero-order valence-electron chi connectivity index (χ0n) is 9.47. The number of carbonyl (C=O) groups is 1. The molecule has 92 valence electrons. The first-order valence-corrected chi connectivity index (χ1v) is 6.53.